The van der Waals surface area contributed by atoms with Crippen molar-refractivity contribution in [2.24, 2.45) is 5.92 Å². The highest BCUT2D eigenvalue weighted by Gasteiger charge is 2.29. The van der Waals surface area contributed by atoms with E-state index >= 15 is 0 Å². The minimum atomic E-state index is 0.0430. The highest BCUT2D eigenvalue weighted by atomic mass is 16.2. The van der Waals surface area contributed by atoms with Crippen molar-refractivity contribution >= 4 is 17.4 Å². The Balaban J connectivity index is 1.76. The maximum atomic E-state index is 11.6. The number of hydrogen-bond donors (Lipinski definition) is 2. The van der Waals surface area contributed by atoms with Crippen LogP contribution in [0.15, 0.2) is 30.3 Å². The molecule has 94 valence electrons. The Morgan fingerprint density at radius 2 is 2.11 bits per heavy atom. The summed E-state index contributed by atoms with van der Waals surface area (Å²) in [6, 6.07) is 9.02. The minimum absolute atomic E-state index is 0.0430. The lowest BCUT2D eigenvalue weighted by Crippen LogP contribution is -2.13. The summed E-state index contributed by atoms with van der Waals surface area (Å²) >= 11 is 0. The SMILES string of the molecule is [C-]#[N+]c1ccc(-c2cc(NC(=O)C3CC3)n[nH]2)cc1. The average Bonchev–Trinajstić information content (AvgIpc) is 3.20. The monoisotopic (exact) mass is 252 g/mol. The smallest absolute Gasteiger partial charge is 0.228 e. The topological polar surface area (TPSA) is 62.1 Å². The molecule has 1 fully saturated rings. The van der Waals surface area contributed by atoms with Gasteiger partial charge in [-0.25, -0.2) is 4.85 Å². The predicted molar refractivity (Wildman–Crippen MR) is 71.6 cm³/mol. The van der Waals surface area contributed by atoms with E-state index in [2.05, 4.69) is 20.4 Å². The summed E-state index contributed by atoms with van der Waals surface area (Å²) in [6.07, 6.45) is 1.95. The number of H-pyrrole nitrogens is 1. The van der Waals surface area contributed by atoms with Crippen LogP contribution in [0.2, 0.25) is 0 Å². The van der Waals surface area contributed by atoms with E-state index < -0.39 is 0 Å². The molecule has 0 aliphatic heterocycles. The van der Waals surface area contributed by atoms with E-state index in [1.807, 2.05) is 12.1 Å². The molecular weight excluding hydrogens is 240 g/mol. The van der Waals surface area contributed by atoms with Crippen LogP contribution < -0.4 is 5.32 Å². The zero-order valence-electron chi connectivity index (χ0n) is 10.2. The quantitative estimate of drug-likeness (QED) is 0.825. The van der Waals surface area contributed by atoms with Gasteiger partial charge in [0.25, 0.3) is 0 Å². The number of amides is 1. The van der Waals surface area contributed by atoms with Crippen LogP contribution in [0.3, 0.4) is 0 Å². The van der Waals surface area contributed by atoms with Gasteiger partial charge in [0.15, 0.2) is 11.5 Å². The van der Waals surface area contributed by atoms with E-state index in [-0.39, 0.29) is 11.8 Å². The number of carbonyl (C=O) groups excluding carboxylic acids is 1. The number of carbonyl (C=O) groups is 1. The van der Waals surface area contributed by atoms with E-state index in [9.17, 15) is 4.79 Å². The first kappa shape index (κ1) is 11.5. The first-order valence-electron chi connectivity index (χ1n) is 6.10. The van der Waals surface area contributed by atoms with Gasteiger partial charge in [-0.15, -0.1) is 0 Å². The number of benzene rings is 1. The maximum Gasteiger partial charge on any atom is 0.228 e. The van der Waals surface area contributed by atoms with Crippen molar-refractivity contribution in [2.75, 3.05) is 5.32 Å². The van der Waals surface area contributed by atoms with Gasteiger partial charge in [0.2, 0.25) is 5.91 Å². The first-order chi connectivity index (χ1) is 9.26. The second kappa shape index (κ2) is 4.58. The molecule has 1 aliphatic rings. The van der Waals surface area contributed by atoms with E-state index in [0.717, 1.165) is 24.1 Å². The number of nitrogens with zero attached hydrogens (tertiary/aromatic N) is 2. The molecule has 0 unspecified atom stereocenters. The number of hydrogen-bond acceptors (Lipinski definition) is 2. The fourth-order valence-corrected chi connectivity index (χ4v) is 1.82. The molecule has 1 aromatic heterocycles. The standard InChI is InChI=1S/C14H12N4O/c1-15-11-6-4-9(5-7-11)12-8-13(18-17-12)16-14(19)10-2-3-10/h4-8,10H,2-3H2,(H2,16,17,18,19). The zero-order valence-corrected chi connectivity index (χ0v) is 10.2. The average molecular weight is 252 g/mol. The summed E-state index contributed by atoms with van der Waals surface area (Å²) in [6.45, 7) is 6.90. The lowest BCUT2D eigenvalue weighted by Gasteiger charge is -1.98. The molecule has 3 rings (SSSR count). The summed E-state index contributed by atoms with van der Waals surface area (Å²) in [5.74, 6) is 0.751. The first-order valence-corrected chi connectivity index (χ1v) is 6.10. The summed E-state index contributed by atoms with van der Waals surface area (Å²) in [5.41, 5.74) is 2.36. The molecule has 1 saturated carbocycles. The highest BCUT2D eigenvalue weighted by molar-refractivity contribution is 5.93. The Morgan fingerprint density at radius 3 is 2.74 bits per heavy atom. The third kappa shape index (κ3) is 2.47. The number of nitrogens with one attached hydrogen (secondary N) is 2. The van der Waals surface area contributed by atoms with E-state index in [0.29, 0.717) is 11.5 Å². The van der Waals surface area contributed by atoms with E-state index in [1.165, 1.54) is 0 Å². The summed E-state index contributed by atoms with van der Waals surface area (Å²) in [4.78, 5) is 14.9. The molecule has 0 saturated heterocycles. The largest absolute Gasteiger partial charge is 0.309 e. The van der Waals surface area contributed by atoms with Crippen molar-refractivity contribution in [1.29, 1.82) is 0 Å². The third-order valence-electron chi connectivity index (χ3n) is 3.08. The molecule has 2 aromatic rings. The van der Waals surface area contributed by atoms with Crippen molar-refractivity contribution in [1.82, 2.24) is 10.2 Å². The predicted octanol–water partition coefficient (Wildman–Crippen LogP) is 2.98. The molecule has 5 nitrogen and oxygen atoms in total. The third-order valence-corrected chi connectivity index (χ3v) is 3.08. The number of anilines is 1. The molecule has 1 amide bonds. The molecule has 1 aliphatic carbocycles. The van der Waals surface area contributed by atoms with Gasteiger partial charge in [-0.05, 0) is 18.4 Å². The molecular formula is C14H12N4O. The molecule has 0 atom stereocenters. The Labute approximate surface area is 110 Å². The molecule has 1 heterocycles. The Bertz CT molecular complexity index is 647. The van der Waals surface area contributed by atoms with Crippen LogP contribution >= 0.6 is 0 Å². The molecule has 2 N–H and O–H groups in total. The van der Waals surface area contributed by atoms with Gasteiger partial charge in [-0.2, -0.15) is 5.10 Å². The van der Waals surface area contributed by atoms with Gasteiger partial charge < -0.3 is 5.32 Å². The van der Waals surface area contributed by atoms with Crippen LogP contribution in [0.5, 0.6) is 0 Å². The minimum Gasteiger partial charge on any atom is -0.309 e. The number of aromatic nitrogens is 2. The van der Waals surface area contributed by atoms with Crippen LogP contribution in [0, 0.1) is 12.5 Å². The van der Waals surface area contributed by atoms with Crippen molar-refractivity contribution in [3.63, 3.8) is 0 Å². The van der Waals surface area contributed by atoms with Crippen molar-refractivity contribution in [3.8, 4) is 11.3 Å². The second-order valence-electron chi connectivity index (χ2n) is 4.59. The number of rotatable bonds is 3. The van der Waals surface area contributed by atoms with E-state index in [1.54, 1.807) is 18.2 Å². The fraction of sp³-hybridized carbons (Fsp3) is 0.214. The molecule has 0 bridgehead atoms. The van der Waals surface area contributed by atoms with Gasteiger partial charge in [-0.1, -0.05) is 24.3 Å². The van der Waals surface area contributed by atoms with E-state index in [4.69, 9.17) is 6.57 Å². The van der Waals surface area contributed by atoms with Crippen LogP contribution in [0.4, 0.5) is 11.5 Å². The van der Waals surface area contributed by atoms with Crippen molar-refractivity contribution in [2.45, 2.75) is 12.8 Å². The molecule has 0 radical (unpaired) electrons. The van der Waals surface area contributed by atoms with Crippen LogP contribution in [-0.2, 0) is 4.79 Å². The normalized spacial score (nSPS) is 13.8. The van der Waals surface area contributed by atoms with Crippen molar-refractivity contribution < 1.29 is 4.79 Å². The maximum absolute atomic E-state index is 11.6. The zero-order chi connectivity index (χ0) is 13.2. The Hall–Kier alpha value is -2.61. The van der Waals surface area contributed by atoms with Crippen molar-refractivity contribution in [3.05, 3.63) is 41.7 Å². The summed E-state index contributed by atoms with van der Waals surface area (Å²) in [5, 5.41) is 9.74. The fourth-order valence-electron chi connectivity index (χ4n) is 1.82. The molecule has 5 heteroatoms. The van der Waals surface area contributed by atoms with Gasteiger partial charge in [0.1, 0.15) is 0 Å². The van der Waals surface area contributed by atoms with Gasteiger partial charge >= 0.3 is 0 Å². The lowest BCUT2D eigenvalue weighted by atomic mass is 10.1. The summed E-state index contributed by atoms with van der Waals surface area (Å²) < 4.78 is 0. The van der Waals surface area contributed by atoms with Crippen LogP contribution in [0.25, 0.3) is 16.1 Å². The molecule has 1 aromatic carbocycles. The van der Waals surface area contributed by atoms with Gasteiger partial charge in [-0.3, -0.25) is 9.89 Å². The molecule has 0 spiro atoms. The molecule has 19 heavy (non-hydrogen) atoms. The summed E-state index contributed by atoms with van der Waals surface area (Å²) in [7, 11) is 0. The highest BCUT2D eigenvalue weighted by Crippen LogP contribution is 2.30. The lowest BCUT2D eigenvalue weighted by molar-refractivity contribution is -0.117. The van der Waals surface area contributed by atoms with Crippen LogP contribution in [0.1, 0.15) is 12.8 Å². The van der Waals surface area contributed by atoms with Gasteiger partial charge in [0.05, 0.1) is 12.3 Å². The Morgan fingerprint density at radius 1 is 1.37 bits per heavy atom. The Kier molecular flexibility index (Phi) is 2.76. The number of aromatic amines is 1. The van der Waals surface area contributed by atoms with Gasteiger partial charge in [0, 0.05) is 12.0 Å². The second-order valence-corrected chi connectivity index (χ2v) is 4.59. The van der Waals surface area contributed by atoms with Crippen LogP contribution in [-0.4, -0.2) is 16.1 Å².